The molecule has 0 radical (unpaired) electrons. The first kappa shape index (κ1) is 9.66. The van der Waals surface area contributed by atoms with Crippen molar-refractivity contribution in [1.82, 2.24) is 0 Å². The number of benzene rings is 1. The van der Waals surface area contributed by atoms with Crippen molar-refractivity contribution in [2.24, 2.45) is 11.1 Å². The van der Waals surface area contributed by atoms with E-state index in [1.807, 2.05) is 6.92 Å². The molecule has 1 fully saturated rings. The van der Waals surface area contributed by atoms with Gasteiger partial charge in [0, 0.05) is 5.54 Å². The molecule has 1 aromatic rings. The lowest BCUT2D eigenvalue weighted by molar-refractivity contribution is 0.504. The maximum absolute atomic E-state index is 13.1. The highest BCUT2D eigenvalue weighted by molar-refractivity contribution is 5.40. The normalized spacial score (nSPS) is 28.9. The first-order valence-electron chi connectivity index (χ1n) is 4.92. The zero-order chi connectivity index (χ0) is 10.6. The number of aryl methyl sites for hydroxylation is 1. The van der Waals surface area contributed by atoms with Crippen LogP contribution in [0.15, 0.2) is 18.2 Å². The van der Waals surface area contributed by atoms with Crippen LogP contribution in [-0.2, 0) is 5.54 Å². The maximum Gasteiger partial charge on any atom is 0.123 e. The third kappa shape index (κ3) is 1.17. The highest BCUT2D eigenvalue weighted by Crippen LogP contribution is 2.60. The highest BCUT2D eigenvalue weighted by atomic mass is 19.1. The van der Waals surface area contributed by atoms with Gasteiger partial charge >= 0.3 is 0 Å². The summed E-state index contributed by atoms with van der Waals surface area (Å²) < 4.78 is 13.1. The van der Waals surface area contributed by atoms with Crippen LogP contribution in [0.25, 0.3) is 0 Å². The van der Waals surface area contributed by atoms with Gasteiger partial charge in [0.25, 0.3) is 0 Å². The van der Waals surface area contributed by atoms with Crippen LogP contribution in [0.1, 0.15) is 31.4 Å². The quantitative estimate of drug-likeness (QED) is 0.729. The van der Waals surface area contributed by atoms with Gasteiger partial charge in [-0.3, -0.25) is 0 Å². The van der Waals surface area contributed by atoms with Crippen LogP contribution in [0.4, 0.5) is 4.39 Å². The van der Waals surface area contributed by atoms with Crippen molar-refractivity contribution < 1.29 is 4.39 Å². The minimum Gasteiger partial charge on any atom is -0.321 e. The molecular formula is C12H16FN. The van der Waals surface area contributed by atoms with Crippen LogP contribution >= 0.6 is 0 Å². The van der Waals surface area contributed by atoms with E-state index < -0.39 is 0 Å². The first-order valence-corrected chi connectivity index (χ1v) is 4.92. The Kier molecular flexibility index (Phi) is 1.77. The van der Waals surface area contributed by atoms with Gasteiger partial charge in [-0.05, 0) is 42.0 Å². The molecule has 1 aliphatic rings. The molecule has 0 spiro atoms. The van der Waals surface area contributed by atoms with Crippen LogP contribution in [0.5, 0.6) is 0 Å². The van der Waals surface area contributed by atoms with Crippen molar-refractivity contribution in [1.29, 1.82) is 0 Å². The fourth-order valence-electron chi connectivity index (χ4n) is 2.19. The lowest BCUT2D eigenvalue weighted by atomic mass is 9.93. The summed E-state index contributed by atoms with van der Waals surface area (Å²) in [5.74, 6) is -0.196. The van der Waals surface area contributed by atoms with Gasteiger partial charge in [0.15, 0.2) is 0 Å². The van der Waals surface area contributed by atoms with E-state index in [0.29, 0.717) is 0 Å². The second-order valence-corrected chi connectivity index (χ2v) is 4.99. The van der Waals surface area contributed by atoms with Crippen LogP contribution in [0.2, 0.25) is 0 Å². The summed E-state index contributed by atoms with van der Waals surface area (Å²) in [6, 6.07) is 4.86. The van der Waals surface area contributed by atoms with Crippen molar-refractivity contribution in [2.75, 3.05) is 0 Å². The molecule has 1 nitrogen and oxygen atoms in total. The van der Waals surface area contributed by atoms with Crippen molar-refractivity contribution >= 4 is 0 Å². The van der Waals surface area contributed by atoms with Crippen LogP contribution in [0, 0.1) is 18.2 Å². The Morgan fingerprint density at radius 2 is 1.93 bits per heavy atom. The minimum atomic E-state index is -0.320. The second-order valence-electron chi connectivity index (χ2n) is 4.99. The number of halogens is 1. The van der Waals surface area contributed by atoms with Crippen molar-refractivity contribution in [3.8, 4) is 0 Å². The molecule has 0 heterocycles. The molecule has 1 unspecified atom stereocenters. The number of rotatable bonds is 1. The van der Waals surface area contributed by atoms with Crippen LogP contribution < -0.4 is 5.73 Å². The summed E-state index contributed by atoms with van der Waals surface area (Å²) in [5.41, 5.74) is 8.07. The number of hydrogen-bond donors (Lipinski definition) is 1. The van der Waals surface area contributed by atoms with Gasteiger partial charge in [-0.1, -0.05) is 19.9 Å². The van der Waals surface area contributed by atoms with E-state index in [4.69, 9.17) is 5.73 Å². The van der Waals surface area contributed by atoms with E-state index >= 15 is 0 Å². The average molecular weight is 193 g/mol. The fourth-order valence-corrected chi connectivity index (χ4v) is 2.19. The van der Waals surface area contributed by atoms with Crippen LogP contribution in [-0.4, -0.2) is 0 Å². The Labute approximate surface area is 84.1 Å². The molecule has 0 amide bonds. The lowest BCUT2D eigenvalue weighted by Crippen LogP contribution is -2.26. The van der Waals surface area contributed by atoms with Gasteiger partial charge in [-0.15, -0.1) is 0 Å². The average Bonchev–Trinajstić information content (AvgIpc) is 2.58. The molecule has 2 heteroatoms. The van der Waals surface area contributed by atoms with E-state index in [9.17, 15) is 4.39 Å². The molecule has 0 bridgehead atoms. The topological polar surface area (TPSA) is 26.0 Å². The summed E-state index contributed by atoms with van der Waals surface area (Å²) in [4.78, 5) is 0. The maximum atomic E-state index is 13.1. The van der Waals surface area contributed by atoms with Gasteiger partial charge in [0.2, 0.25) is 0 Å². The standard InChI is InChI=1S/C12H16FN/c1-8-4-5-9(13)6-10(8)12(14)7-11(12,2)3/h4-6H,7,14H2,1-3H3. The monoisotopic (exact) mass is 193 g/mol. The molecule has 1 aliphatic carbocycles. The SMILES string of the molecule is Cc1ccc(F)cc1C1(N)CC1(C)C. The van der Waals surface area contributed by atoms with E-state index in [1.165, 1.54) is 6.07 Å². The Balaban J connectivity index is 2.48. The molecule has 0 aliphatic heterocycles. The van der Waals surface area contributed by atoms with Gasteiger partial charge in [0.05, 0.1) is 0 Å². The summed E-state index contributed by atoms with van der Waals surface area (Å²) in [6.07, 6.45) is 0.935. The van der Waals surface area contributed by atoms with Gasteiger partial charge in [-0.25, -0.2) is 4.39 Å². The molecule has 76 valence electrons. The van der Waals surface area contributed by atoms with Crippen molar-refractivity contribution in [3.05, 3.63) is 35.1 Å². The molecule has 1 atom stereocenters. The Morgan fingerprint density at radius 1 is 1.36 bits per heavy atom. The zero-order valence-electron chi connectivity index (χ0n) is 8.89. The van der Waals surface area contributed by atoms with Crippen LogP contribution in [0.3, 0.4) is 0 Å². The number of hydrogen-bond acceptors (Lipinski definition) is 1. The molecule has 2 N–H and O–H groups in total. The third-order valence-corrected chi connectivity index (χ3v) is 3.48. The highest BCUT2D eigenvalue weighted by Gasteiger charge is 2.59. The summed E-state index contributed by atoms with van der Waals surface area (Å²) >= 11 is 0. The molecule has 2 rings (SSSR count). The lowest BCUT2D eigenvalue weighted by Gasteiger charge is -2.18. The van der Waals surface area contributed by atoms with E-state index in [2.05, 4.69) is 13.8 Å². The molecule has 14 heavy (non-hydrogen) atoms. The smallest absolute Gasteiger partial charge is 0.123 e. The minimum absolute atomic E-state index is 0.103. The summed E-state index contributed by atoms with van der Waals surface area (Å²) in [6.45, 7) is 6.23. The fraction of sp³-hybridized carbons (Fsp3) is 0.500. The largest absolute Gasteiger partial charge is 0.321 e. The number of nitrogens with two attached hydrogens (primary N) is 1. The molecule has 1 aromatic carbocycles. The molecule has 0 aromatic heterocycles. The Morgan fingerprint density at radius 3 is 2.43 bits per heavy atom. The Bertz CT molecular complexity index is 384. The summed E-state index contributed by atoms with van der Waals surface area (Å²) in [7, 11) is 0. The Hall–Kier alpha value is -0.890. The van der Waals surface area contributed by atoms with E-state index in [-0.39, 0.29) is 16.8 Å². The van der Waals surface area contributed by atoms with Crippen molar-refractivity contribution in [3.63, 3.8) is 0 Å². The van der Waals surface area contributed by atoms with E-state index in [1.54, 1.807) is 12.1 Å². The van der Waals surface area contributed by atoms with E-state index in [0.717, 1.165) is 17.5 Å². The predicted octanol–water partition coefficient (Wildman–Crippen LogP) is 2.72. The molecule has 0 saturated heterocycles. The van der Waals surface area contributed by atoms with Gasteiger partial charge < -0.3 is 5.73 Å². The van der Waals surface area contributed by atoms with Gasteiger partial charge in [0.1, 0.15) is 5.82 Å². The molecular weight excluding hydrogens is 177 g/mol. The van der Waals surface area contributed by atoms with Gasteiger partial charge in [-0.2, -0.15) is 0 Å². The molecule has 1 saturated carbocycles. The second kappa shape index (κ2) is 2.57. The first-order chi connectivity index (χ1) is 6.37. The predicted molar refractivity (Wildman–Crippen MR) is 55.4 cm³/mol. The van der Waals surface area contributed by atoms with Crippen molar-refractivity contribution in [2.45, 2.75) is 32.7 Å². The summed E-state index contributed by atoms with van der Waals surface area (Å²) in [5, 5.41) is 0. The zero-order valence-corrected chi connectivity index (χ0v) is 8.89. The third-order valence-electron chi connectivity index (χ3n) is 3.48.